The zero-order valence-electron chi connectivity index (χ0n) is 27.7. The number of nitrogens with zero attached hydrogens (tertiary/aromatic N) is 1. The van der Waals surface area contributed by atoms with Crippen molar-refractivity contribution in [1.29, 1.82) is 0 Å². The van der Waals surface area contributed by atoms with Crippen LogP contribution in [0, 0.1) is 0 Å². The van der Waals surface area contributed by atoms with Gasteiger partial charge in [0, 0.05) is 43.2 Å². The first-order chi connectivity index (χ1) is 25.3. The molecule has 0 atom stereocenters. The molecule has 2 aromatic heterocycles. The van der Waals surface area contributed by atoms with Crippen molar-refractivity contribution in [3.8, 4) is 33.4 Å². The van der Waals surface area contributed by atoms with Crippen LogP contribution in [0.5, 0.6) is 0 Å². The van der Waals surface area contributed by atoms with Crippen molar-refractivity contribution in [2.45, 2.75) is 0 Å². The molecule has 8 aromatic carbocycles. The Morgan fingerprint density at radius 1 is 0.373 bits per heavy atom. The molecule has 0 fully saturated rings. The average molecular weight is 670 g/mol. The molecule has 0 saturated heterocycles. The van der Waals surface area contributed by atoms with Gasteiger partial charge in [-0.1, -0.05) is 152 Å². The fourth-order valence-electron chi connectivity index (χ4n) is 7.46. The molecule has 0 unspecified atom stereocenters. The first kappa shape index (κ1) is 29.5. The third kappa shape index (κ3) is 5.01. The maximum absolute atomic E-state index is 6.60. The standard InChI is InChI=1S/C48H31NOS/c1-4-13-32(14-5-1)33-25-27-36(28-26-33)49(37-29-30-45-43(31-37)40-21-10-19-38(46(40)50-45)34-15-6-2-7-16-34)44-24-12-23-42-41-22-11-20-39(47(41)51-48(42)44)35-17-8-3-9-18-35/h1-31H. The summed E-state index contributed by atoms with van der Waals surface area (Å²) in [6.45, 7) is 0. The highest BCUT2D eigenvalue weighted by Crippen LogP contribution is 2.48. The number of thiophene rings is 1. The summed E-state index contributed by atoms with van der Waals surface area (Å²) in [7, 11) is 0. The monoisotopic (exact) mass is 669 g/mol. The lowest BCUT2D eigenvalue weighted by Gasteiger charge is -2.26. The molecule has 10 rings (SSSR count). The zero-order valence-corrected chi connectivity index (χ0v) is 28.5. The molecule has 51 heavy (non-hydrogen) atoms. The lowest BCUT2D eigenvalue weighted by Crippen LogP contribution is -2.10. The number of rotatable bonds is 6. The lowest BCUT2D eigenvalue weighted by atomic mass is 10.0. The maximum Gasteiger partial charge on any atom is 0.143 e. The van der Waals surface area contributed by atoms with Crippen molar-refractivity contribution in [3.05, 3.63) is 188 Å². The Kier molecular flexibility index (Phi) is 7.04. The Bertz CT molecular complexity index is 2840. The van der Waals surface area contributed by atoms with Crippen molar-refractivity contribution in [2.24, 2.45) is 0 Å². The van der Waals surface area contributed by atoms with E-state index in [1.165, 1.54) is 42.4 Å². The second-order valence-electron chi connectivity index (χ2n) is 12.9. The van der Waals surface area contributed by atoms with Crippen LogP contribution in [-0.2, 0) is 0 Å². The summed E-state index contributed by atoms with van der Waals surface area (Å²) in [5, 5.41) is 4.75. The van der Waals surface area contributed by atoms with E-state index in [-0.39, 0.29) is 0 Å². The maximum atomic E-state index is 6.60. The molecule has 10 aromatic rings. The molecule has 0 aliphatic heterocycles. The number of hydrogen-bond donors (Lipinski definition) is 0. The van der Waals surface area contributed by atoms with Crippen LogP contribution in [0.25, 0.3) is 75.5 Å². The molecule has 0 spiro atoms. The molecule has 0 saturated carbocycles. The van der Waals surface area contributed by atoms with E-state index in [0.29, 0.717) is 0 Å². The number of hydrogen-bond acceptors (Lipinski definition) is 3. The third-order valence-corrected chi connectivity index (χ3v) is 11.2. The SMILES string of the molecule is c1ccc(-c2ccc(N(c3ccc4oc5c(-c6ccccc6)cccc5c4c3)c3cccc4c3sc3c(-c5ccccc5)cccc34)cc2)cc1. The largest absolute Gasteiger partial charge is 0.455 e. The highest BCUT2D eigenvalue weighted by molar-refractivity contribution is 7.27. The van der Waals surface area contributed by atoms with E-state index in [4.69, 9.17) is 4.42 Å². The molecule has 0 aliphatic carbocycles. The molecule has 0 aliphatic rings. The van der Waals surface area contributed by atoms with Gasteiger partial charge >= 0.3 is 0 Å². The van der Waals surface area contributed by atoms with Gasteiger partial charge in [-0.3, -0.25) is 0 Å². The molecular formula is C48H31NOS. The molecule has 0 bridgehead atoms. The third-order valence-electron chi connectivity index (χ3n) is 9.89. The van der Waals surface area contributed by atoms with Crippen LogP contribution in [0.1, 0.15) is 0 Å². The van der Waals surface area contributed by atoms with Crippen molar-refractivity contribution < 1.29 is 4.42 Å². The molecule has 0 N–H and O–H groups in total. The minimum Gasteiger partial charge on any atom is -0.455 e. The highest BCUT2D eigenvalue weighted by atomic mass is 32.1. The van der Waals surface area contributed by atoms with Gasteiger partial charge in [0.25, 0.3) is 0 Å². The first-order valence-corrected chi connectivity index (χ1v) is 18.1. The first-order valence-electron chi connectivity index (χ1n) is 17.3. The van der Waals surface area contributed by atoms with Gasteiger partial charge in [0.1, 0.15) is 11.2 Å². The summed E-state index contributed by atoms with van der Waals surface area (Å²) >= 11 is 1.87. The van der Waals surface area contributed by atoms with Crippen LogP contribution in [-0.4, -0.2) is 0 Å². The van der Waals surface area contributed by atoms with Crippen LogP contribution in [0.4, 0.5) is 17.1 Å². The Morgan fingerprint density at radius 3 is 1.63 bits per heavy atom. The molecule has 2 heterocycles. The number of furan rings is 1. The van der Waals surface area contributed by atoms with Crippen molar-refractivity contribution >= 4 is 70.5 Å². The molecule has 0 amide bonds. The van der Waals surface area contributed by atoms with Gasteiger partial charge in [-0.2, -0.15) is 0 Å². The Balaban J connectivity index is 1.19. The topological polar surface area (TPSA) is 16.4 Å². The average Bonchev–Trinajstić information content (AvgIpc) is 3.78. The zero-order chi connectivity index (χ0) is 33.7. The van der Waals surface area contributed by atoms with E-state index in [9.17, 15) is 0 Å². The van der Waals surface area contributed by atoms with Gasteiger partial charge in [-0.15, -0.1) is 11.3 Å². The van der Waals surface area contributed by atoms with Crippen LogP contribution in [0.2, 0.25) is 0 Å². The quantitative estimate of drug-likeness (QED) is 0.175. The van der Waals surface area contributed by atoms with E-state index >= 15 is 0 Å². The van der Waals surface area contributed by atoms with Gasteiger partial charge in [0.05, 0.1) is 10.4 Å². The smallest absolute Gasteiger partial charge is 0.143 e. The highest BCUT2D eigenvalue weighted by Gasteiger charge is 2.21. The predicted octanol–water partition coefficient (Wildman–Crippen LogP) is 14.4. The normalized spacial score (nSPS) is 11.5. The summed E-state index contributed by atoms with van der Waals surface area (Å²) in [6, 6.07) is 67.2. The molecule has 240 valence electrons. The van der Waals surface area contributed by atoms with Crippen LogP contribution >= 0.6 is 11.3 Å². The van der Waals surface area contributed by atoms with E-state index in [2.05, 4.69) is 193 Å². The van der Waals surface area contributed by atoms with Gasteiger partial charge < -0.3 is 9.32 Å². The number of benzene rings is 8. The van der Waals surface area contributed by atoms with Crippen LogP contribution in [0.3, 0.4) is 0 Å². The minimum absolute atomic E-state index is 0.879. The van der Waals surface area contributed by atoms with Gasteiger partial charge in [0.15, 0.2) is 0 Å². The summed E-state index contributed by atoms with van der Waals surface area (Å²) in [6.07, 6.45) is 0. The van der Waals surface area contributed by atoms with Crippen molar-refractivity contribution in [3.63, 3.8) is 0 Å². The fraction of sp³-hybridized carbons (Fsp3) is 0. The molecule has 3 heteroatoms. The van der Waals surface area contributed by atoms with Crippen LogP contribution in [0.15, 0.2) is 192 Å². The fourth-order valence-corrected chi connectivity index (χ4v) is 8.80. The lowest BCUT2D eigenvalue weighted by molar-refractivity contribution is 0.670. The van der Waals surface area contributed by atoms with Crippen LogP contribution < -0.4 is 4.90 Å². The number of para-hydroxylation sites is 1. The second kappa shape index (κ2) is 12.2. The van der Waals surface area contributed by atoms with Gasteiger partial charge in [-0.25, -0.2) is 0 Å². The predicted molar refractivity (Wildman–Crippen MR) is 218 cm³/mol. The molecule has 0 radical (unpaired) electrons. The van der Waals surface area contributed by atoms with E-state index in [1.807, 2.05) is 11.3 Å². The summed E-state index contributed by atoms with van der Waals surface area (Å²) in [5.74, 6) is 0. The summed E-state index contributed by atoms with van der Waals surface area (Å²) in [5.41, 5.74) is 12.3. The van der Waals surface area contributed by atoms with E-state index in [1.54, 1.807) is 0 Å². The van der Waals surface area contributed by atoms with Crippen molar-refractivity contribution in [1.82, 2.24) is 0 Å². The Hall–Kier alpha value is -6.42. The van der Waals surface area contributed by atoms with E-state index < -0.39 is 0 Å². The minimum atomic E-state index is 0.879. The second-order valence-corrected chi connectivity index (χ2v) is 13.9. The van der Waals surface area contributed by atoms with Crippen molar-refractivity contribution in [2.75, 3.05) is 4.90 Å². The molecular weight excluding hydrogens is 639 g/mol. The van der Waals surface area contributed by atoms with Gasteiger partial charge in [-0.05, 0) is 64.2 Å². The number of anilines is 3. The number of fused-ring (bicyclic) bond motifs is 6. The Labute approximate surface area is 300 Å². The summed E-state index contributed by atoms with van der Waals surface area (Å²) in [4.78, 5) is 2.41. The molecule has 2 nitrogen and oxygen atoms in total. The van der Waals surface area contributed by atoms with E-state index in [0.717, 1.165) is 50.1 Å². The van der Waals surface area contributed by atoms with Gasteiger partial charge in [0.2, 0.25) is 0 Å². The Morgan fingerprint density at radius 2 is 0.922 bits per heavy atom. The summed E-state index contributed by atoms with van der Waals surface area (Å²) < 4.78 is 9.15.